The van der Waals surface area contributed by atoms with E-state index >= 15 is 0 Å². The third-order valence-electron chi connectivity index (χ3n) is 2.97. The van der Waals surface area contributed by atoms with E-state index in [1.807, 2.05) is 5.43 Å². The highest BCUT2D eigenvalue weighted by Crippen LogP contribution is 2.40. The lowest BCUT2D eigenvalue weighted by Gasteiger charge is -2.13. The fraction of sp³-hybridized carbons (Fsp3) is 0.214. The molecule has 2 aromatic rings. The van der Waals surface area contributed by atoms with E-state index in [-0.39, 0.29) is 5.56 Å². The zero-order valence-electron chi connectivity index (χ0n) is 12.4. The topological polar surface area (TPSA) is 109 Å². The van der Waals surface area contributed by atoms with Crippen LogP contribution in [0.25, 0.3) is 11.4 Å². The van der Waals surface area contributed by atoms with Crippen molar-refractivity contribution >= 4 is 5.91 Å². The molecule has 2 rings (SSSR count). The van der Waals surface area contributed by atoms with Crippen molar-refractivity contribution < 1.29 is 19.0 Å². The molecule has 1 aromatic heterocycles. The number of aromatic nitrogens is 2. The summed E-state index contributed by atoms with van der Waals surface area (Å²) in [5, 5.41) is 0. The quantitative estimate of drug-likeness (QED) is 0.477. The van der Waals surface area contributed by atoms with Gasteiger partial charge in [0.1, 0.15) is 0 Å². The largest absolute Gasteiger partial charge is 0.493 e. The van der Waals surface area contributed by atoms with E-state index in [9.17, 15) is 4.79 Å². The molecule has 0 bridgehead atoms. The Bertz CT molecular complexity index is 648. The Labute approximate surface area is 127 Å². The molecule has 1 amide bonds. The van der Waals surface area contributed by atoms with E-state index < -0.39 is 5.91 Å². The summed E-state index contributed by atoms with van der Waals surface area (Å²) in [5.74, 6) is 6.47. The van der Waals surface area contributed by atoms with Crippen molar-refractivity contribution in [1.29, 1.82) is 0 Å². The van der Waals surface area contributed by atoms with Crippen molar-refractivity contribution in [1.82, 2.24) is 15.4 Å². The van der Waals surface area contributed by atoms with Crippen LogP contribution in [0, 0.1) is 0 Å². The minimum absolute atomic E-state index is 0.263. The zero-order valence-corrected chi connectivity index (χ0v) is 12.4. The van der Waals surface area contributed by atoms with Crippen molar-refractivity contribution in [3.63, 3.8) is 0 Å². The number of hydrogen-bond acceptors (Lipinski definition) is 7. The minimum atomic E-state index is -0.462. The van der Waals surface area contributed by atoms with Crippen molar-refractivity contribution in [2.75, 3.05) is 21.3 Å². The molecule has 1 heterocycles. The Kier molecular flexibility index (Phi) is 4.74. The van der Waals surface area contributed by atoms with Gasteiger partial charge in [0.15, 0.2) is 17.3 Å². The normalized spacial score (nSPS) is 10.0. The van der Waals surface area contributed by atoms with Crippen LogP contribution in [0.1, 0.15) is 10.4 Å². The van der Waals surface area contributed by atoms with Crippen LogP contribution in [0.3, 0.4) is 0 Å². The molecule has 0 unspecified atom stereocenters. The number of nitrogen functional groups attached to an aromatic ring is 1. The second-order valence-electron chi connectivity index (χ2n) is 4.18. The van der Waals surface area contributed by atoms with Gasteiger partial charge in [0.25, 0.3) is 5.91 Å². The van der Waals surface area contributed by atoms with E-state index in [1.54, 1.807) is 12.1 Å². The van der Waals surface area contributed by atoms with Gasteiger partial charge in [-0.3, -0.25) is 10.2 Å². The van der Waals surface area contributed by atoms with Gasteiger partial charge in [-0.25, -0.2) is 15.8 Å². The molecule has 8 nitrogen and oxygen atoms in total. The minimum Gasteiger partial charge on any atom is -0.493 e. The summed E-state index contributed by atoms with van der Waals surface area (Å²) >= 11 is 0. The van der Waals surface area contributed by atoms with Gasteiger partial charge in [-0.15, -0.1) is 0 Å². The monoisotopic (exact) mass is 304 g/mol. The van der Waals surface area contributed by atoms with Crippen molar-refractivity contribution in [3.8, 4) is 28.6 Å². The Morgan fingerprint density at radius 1 is 1.05 bits per heavy atom. The van der Waals surface area contributed by atoms with E-state index in [1.165, 1.54) is 33.7 Å². The van der Waals surface area contributed by atoms with E-state index in [0.717, 1.165) is 0 Å². The highest BCUT2D eigenvalue weighted by atomic mass is 16.5. The molecule has 8 heteroatoms. The fourth-order valence-corrected chi connectivity index (χ4v) is 1.89. The van der Waals surface area contributed by atoms with Gasteiger partial charge in [0, 0.05) is 18.0 Å². The summed E-state index contributed by atoms with van der Waals surface area (Å²) in [6, 6.07) is 3.44. The average molecular weight is 304 g/mol. The van der Waals surface area contributed by atoms with Gasteiger partial charge in [0.05, 0.1) is 26.9 Å². The molecule has 0 saturated heterocycles. The number of carbonyl (C=O) groups excluding carboxylic acids is 1. The Balaban J connectivity index is 2.46. The number of nitrogens with two attached hydrogens (primary N) is 1. The Hall–Kier alpha value is -2.87. The summed E-state index contributed by atoms with van der Waals surface area (Å²) in [6.45, 7) is 0. The average Bonchev–Trinajstić information content (AvgIpc) is 2.59. The molecule has 0 aliphatic rings. The smallest absolute Gasteiger partial charge is 0.268 e. The first-order valence-electron chi connectivity index (χ1n) is 6.28. The molecule has 0 aliphatic heterocycles. The summed E-state index contributed by atoms with van der Waals surface area (Å²) in [5.41, 5.74) is 2.94. The molecule has 0 atom stereocenters. The SMILES string of the molecule is COc1cc(-c2ncc(C(=O)NN)cn2)cc(OC)c1OC. The molecule has 3 N–H and O–H groups in total. The first-order valence-corrected chi connectivity index (χ1v) is 6.28. The molecule has 0 aliphatic carbocycles. The van der Waals surface area contributed by atoms with Crippen molar-refractivity contribution in [2.24, 2.45) is 5.84 Å². The second kappa shape index (κ2) is 6.72. The maximum absolute atomic E-state index is 11.4. The first-order chi connectivity index (χ1) is 10.6. The number of hydrazine groups is 1. The van der Waals surface area contributed by atoms with Crippen LogP contribution in [-0.2, 0) is 0 Å². The van der Waals surface area contributed by atoms with Crippen LogP contribution in [0.15, 0.2) is 24.5 Å². The lowest BCUT2D eigenvalue weighted by Crippen LogP contribution is -2.30. The van der Waals surface area contributed by atoms with Gasteiger partial charge in [0.2, 0.25) is 5.75 Å². The fourth-order valence-electron chi connectivity index (χ4n) is 1.89. The Morgan fingerprint density at radius 3 is 2.00 bits per heavy atom. The summed E-state index contributed by atoms with van der Waals surface area (Å²) in [7, 11) is 4.57. The number of rotatable bonds is 5. The third-order valence-corrected chi connectivity index (χ3v) is 2.97. The van der Waals surface area contributed by atoms with E-state index in [4.69, 9.17) is 20.1 Å². The van der Waals surface area contributed by atoms with Crippen LogP contribution in [0.4, 0.5) is 0 Å². The molecular formula is C14H16N4O4. The molecule has 116 valence electrons. The predicted molar refractivity (Wildman–Crippen MR) is 78.8 cm³/mol. The second-order valence-corrected chi connectivity index (χ2v) is 4.18. The predicted octanol–water partition coefficient (Wildman–Crippen LogP) is 0.773. The molecule has 22 heavy (non-hydrogen) atoms. The van der Waals surface area contributed by atoms with Crippen LogP contribution in [-0.4, -0.2) is 37.2 Å². The van der Waals surface area contributed by atoms with Crippen LogP contribution in [0.2, 0.25) is 0 Å². The first kappa shape index (κ1) is 15.5. The van der Waals surface area contributed by atoms with Crippen molar-refractivity contribution in [2.45, 2.75) is 0 Å². The van der Waals surface area contributed by atoms with Crippen molar-refractivity contribution in [3.05, 3.63) is 30.1 Å². The lowest BCUT2D eigenvalue weighted by atomic mass is 10.1. The number of methoxy groups -OCH3 is 3. The summed E-state index contributed by atoms with van der Waals surface area (Å²) < 4.78 is 15.8. The summed E-state index contributed by atoms with van der Waals surface area (Å²) in [6.07, 6.45) is 2.77. The van der Waals surface area contributed by atoms with Gasteiger partial charge in [-0.1, -0.05) is 0 Å². The number of ether oxygens (including phenoxy) is 3. The molecule has 0 spiro atoms. The summed E-state index contributed by atoms with van der Waals surface area (Å²) in [4.78, 5) is 19.7. The highest BCUT2D eigenvalue weighted by molar-refractivity contribution is 5.93. The van der Waals surface area contributed by atoms with Gasteiger partial charge < -0.3 is 14.2 Å². The van der Waals surface area contributed by atoms with Crippen LogP contribution >= 0.6 is 0 Å². The van der Waals surface area contributed by atoms with E-state index in [0.29, 0.717) is 28.6 Å². The van der Waals surface area contributed by atoms with Gasteiger partial charge in [-0.05, 0) is 12.1 Å². The molecule has 0 saturated carbocycles. The number of hydrogen-bond donors (Lipinski definition) is 2. The maximum atomic E-state index is 11.4. The van der Waals surface area contributed by atoms with Gasteiger partial charge >= 0.3 is 0 Å². The molecule has 0 fully saturated rings. The number of amides is 1. The number of nitrogens with zero attached hydrogens (tertiary/aromatic N) is 2. The number of nitrogens with one attached hydrogen (secondary N) is 1. The highest BCUT2D eigenvalue weighted by Gasteiger charge is 2.15. The zero-order chi connectivity index (χ0) is 16.1. The molecule has 0 radical (unpaired) electrons. The van der Waals surface area contributed by atoms with Crippen LogP contribution in [0.5, 0.6) is 17.2 Å². The van der Waals surface area contributed by atoms with Crippen LogP contribution < -0.4 is 25.5 Å². The van der Waals surface area contributed by atoms with E-state index in [2.05, 4.69) is 9.97 Å². The molecular weight excluding hydrogens is 288 g/mol. The Morgan fingerprint density at radius 2 is 1.59 bits per heavy atom. The third kappa shape index (κ3) is 2.91. The number of benzene rings is 1. The maximum Gasteiger partial charge on any atom is 0.268 e. The lowest BCUT2D eigenvalue weighted by molar-refractivity contribution is 0.0953. The number of carbonyl (C=O) groups is 1. The standard InChI is InChI=1S/C14H16N4O4/c1-20-10-4-8(5-11(21-2)12(10)22-3)13-16-6-9(7-17-13)14(19)18-15/h4-7H,15H2,1-3H3,(H,18,19). The van der Waals surface area contributed by atoms with Gasteiger partial charge in [-0.2, -0.15) is 0 Å². The molecule has 1 aromatic carbocycles.